The summed E-state index contributed by atoms with van der Waals surface area (Å²) in [6, 6.07) is 0.428. The van der Waals surface area contributed by atoms with Gasteiger partial charge in [0, 0.05) is 20.1 Å². The molecule has 0 amide bonds. The second kappa shape index (κ2) is 9.34. The van der Waals surface area contributed by atoms with E-state index in [1.807, 2.05) is 11.6 Å². The highest BCUT2D eigenvalue weighted by atomic mass is 15.3. The molecule has 1 aromatic heterocycles. The number of hydrogen-bond acceptors (Lipinski definition) is 3. The third kappa shape index (κ3) is 6.04. The maximum Gasteiger partial charge on any atom is 0.191 e. The van der Waals surface area contributed by atoms with E-state index in [1.165, 1.54) is 32.1 Å². The van der Waals surface area contributed by atoms with Crippen LogP contribution in [0.1, 0.15) is 51.8 Å². The van der Waals surface area contributed by atoms with Gasteiger partial charge in [-0.05, 0) is 13.3 Å². The van der Waals surface area contributed by atoms with E-state index in [4.69, 9.17) is 0 Å². The highest BCUT2D eigenvalue weighted by molar-refractivity contribution is 5.79. The molecule has 0 aliphatic heterocycles. The summed E-state index contributed by atoms with van der Waals surface area (Å²) in [5.41, 5.74) is 0. The summed E-state index contributed by atoms with van der Waals surface area (Å²) in [5, 5.41) is 14.6. The van der Waals surface area contributed by atoms with E-state index in [9.17, 15) is 0 Å². The Morgan fingerprint density at radius 3 is 2.80 bits per heavy atom. The summed E-state index contributed by atoms with van der Waals surface area (Å²) < 4.78 is 1.90. The van der Waals surface area contributed by atoms with Crippen molar-refractivity contribution in [3.05, 3.63) is 12.2 Å². The number of nitrogens with zero attached hydrogens (tertiary/aromatic N) is 4. The van der Waals surface area contributed by atoms with E-state index in [2.05, 4.69) is 39.7 Å². The first kappa shape index (κ1) is 16.5. The zero-order chi connectivity index (χ0) is 14.8. The summed E-state index contributed by atoms with van der Waals surface area (Å²) >= 11 is 0. The van der Waals surface area contributed by atoms with E-state index in [0.29, 0.717) is 12.6 Å². The lowest BCUT2D eigenvalue weighted by atomic mass is 10.1. The Balaban J connectivity index is 2.27. The van der Waals surface area contributed by atoms with Crippen molar-refractivity contribution < 1.29 is 0 Å². The summed E-state index contributed by atoms with van der Waals surface area (Å²) in [6.07, 6.45) is 8.05. The van der Waals surface area contributed by atoms with Gasteiger partial charge in [0.2, 0.25) is 0 Å². The standard InChI is InChI=1S/C14H28N6/c1-5-6-7-8-9-12(2)18-14(15-3)16-10-13-19-17-11-20(13)4/h11-12H,5-10H2,1-4H3,(H2,15,16,18). The molecule has 0 aromatic carbocycles. The fourth-order valence-corrected chi connectivity index (χ4v) is 2.01. The van der Waals surface area contributed by atoms with Crippen LogP contribution < -0.4 is 10.6 Å². The second-order valence-corrected chi connectivity index (χ2v) is 5.18. The predicted octanol–water partition coefficient (Wildman–Crippen LogP) is 1.84. The van der Waals surface area contributed by atoms with Gasteiger partial charge in [0.1, 0.15) is 6.33 Å². The monoisotopic (exact) mass is 280 g/mol. The molecule has 1 aromatic rings. The van der Waals surface area contributed by atoms with E-state index in [-0.39, 0.29) is 0 Å². The molecule has 1 unspecified atom stereocenters. The molecule has 0 saturated heterocycles. The first-order chi connectivity index (χ1) is 9.67. The molecule has 6 nitrogen and oxygen atoms in total. The van der Waals surface area contributed by atoms with Crippen molar-refractivity contribution >= 4 is 5.96 Å². The predicted molar refractivity (Wildman–Crippen MR) is 82.6 cm³/mol. The van der Waals surface area contributed by atoms with Crippen molar-refractivity contribution in [1.82, 2.24) is 25.4 Å². The van der Waals surface area contributed by atoms with Gasteiger partial charge < -0.3 is 15.2 Å². The maximum absolute atomic E-state index is 4.24. The molecule has 6 heteroatoms. The van der Waals surface area contributed by atoms with Crippen LogP contribution in [0.25, 0.3) is 0 Å². The van der Waals surface area contributed by atoms with E-state index < -0.39 is 0 Å². The molecule has 20 heavy (non-hydrogen) atoms. The number of unbranched alkanes of at least 4 members (excludes halogenated alkanes) is 3. The summed E-state index contributed by atoms with van der Waals surface area (Å²) in [4.78, 5) is 4.24. The number of nitrogens with one attached hydrogen (secondary N) is 2. The van der Waals surface area contributed by atoms with Gasteiger partial charge in [0.25, 0.3) is 0 Å². The van der Waals surface area contributed by atoms with Crippen LogP contribution in [0.4, 0.5) is 0 Å². The Morgan fingerprint density at radius 2 is 2.20 bits per heavy atom. The van der Waals surface area contributed by atoms with Crippen LogP contribution in [0.15, 0.2) is 11.3 Å². The zero-order valence-corrected chi connectivity index (χ0v) is 13.2. The Labute approximate surface area is 122 Å². The van der Waals surface area contributed by atoms with Crippen LogP contribution in [-0.2, 0) is 13.6 Å². The minimum Gasteiger partial charge on any atom is -0.354 e. The van der Waals surface area contributed by atoms with Gasteiger partial charge >= 0.3 is 0 Å². The van der Waals surface area contributed by atoms with E-state index >= 15 is 0 Å². The van der Waals surface area contributed by atoms with Gasteiger partial charge in [-0.2, -0.15) is 0 Å². The summed E-state index contributed by atoms with van der Waals surface area (Å²) in [5.74, 6) is 1.71. The van der Waals surface area contributed by atoms with Gasteiger partial charge in [-0.1, -0.05) is 32.6 Å². The molecule has 114 valence electrons. The fraction of sp³-hybridized carbons (Fsp3) is 0.786. The number of aryl methyl sites for hydroxylation is 1. The van der Waals surface area contributed by atoms with Crippen molar-refractivity contribution in [2.45, 2.75) is 58.5 Å². The van der Waals surface area contributed by atoms with Crippen molar-refractivity contribution in [3.8, 4) is 0 Å². The normalized spacial score (nSPS) is 13.3. The van der Waals surface area contributed by atoms with Crippen molar-refractivity contribution in [2.75, 3.05) is 7.05 Å². The quantitative estimate of drug-likeness (QED) is 0.433. The molecule has 0 radical (unpaired) electrons. The Hall–Kier alpha value is -1.59. The molecule has 2 N–H and O–H groups in total. The fourth-order valence-electron chi connectivity index (χ4n) is 2.01. The smallest absolute Gasteiger partial charge is 0.191 e. The Bertz CT molecular complexity index is 398. The molecule has 0 fully saturated rings. The number of hydrogen-bond donors (Lipinski definition) is 2. The molecule has 1 atom stereocenters. The number of guanidine groups is 1. The average Bonchev–Trinajstić information content (AvgIpc) is 2.85. The van der Waals surface area contributed by atoms with Gasteiger partial charge in [0.05, 0.1) is 6.54 Å². The molecular weight excluding hydrogens is 252 g/mol. The molecule has 0 aliphatic carbocycles. The third-order valence-electron chi connectivity index (χ3n) is 3.32. The van der Waals surface area contributed by atoms with Crippen molar-refractivity contribution in [3.63, 3.8) is 0 Å². The van der Waals surface area contributed by atoms with Crippen molar-refractivity contribution in [2.24, 2.45) is 12.0 Å². The lowest BCUT2D eigenvalue weighted by Crippen LogP contribution is -2.42. The maximum atomic E-state index is 4.24. The average molecular weight is 280 g/mol. The van der Waals surface area contributed by atoms with Crippen LogP contribution in [0, 0.1) is 0 Å². The summed E-state index contributed by atoms with van der Waals surface area (Å²) in [7, 11) is 3.72. The number of aromatic nitrogens is 3. The molecular formula is C14H28N6. The van der Waals surface area contributed by atoms with Crippen LogP contribution in [0.3, 0.4) is 0 Å². The first-order valence-electron chi connectivity index (χ1n) is 7.47. The molecule has 0 spiro atoms. The zero-order valence-electron chi connectivity index (χ0n) is 13.2. The molecule has 0 aliphatic rings. The lowest BCUT2D eigenvalue weighted by molar-refractivity contribution is 0.536. The number of rotatable bonds is 8. The SMILES string of the molecule is CCCCCCC(C)NC(=NC)NCc1nncn1C. The van der Waals surface area contributed by atoms with Gasteiger partial charge in [0.15, 0.2) is 11.8 Å². The van der Waals surface area contributed by atoms with Crippen LogP contribution in [0.2, 0.25) is 0 Å². The van der Waals surface area contributed by atoms with Gasteiger partial charge in [-0.3, -0.25) is 4.99 Å². The lowest BCUT2D eigenvalue weighted by Gasteiger charge is -2.17. The molecule has 0 bridgehead atoms. The van der Waals surface area contributed by atoms with Crippen LogP contribution in [0.5, 0.6) is 0 Å². The molecule has 1 heterocycles. The van der Waals surface area contributed by atoms with Gasteiger partial charge in [-0.15, -0.1) is 10.2 Å². The topological polar surface area (TPSA) is 67.1 Å². The first-order valence-corrected chi connectivity index (χ1v) is 7.47. The highest BCUT2D eigenvalue weighted by Crippen LogP contribution is 2.05. The Kier molecular flexibility index (Phi) is 7.69. The minimum absolute atomic E-state index is 0.428. The number of aliphatic imine (C=N–C) groups is 1. The second-order valence-electron chi connectivity index (χ2n) is 5.18. The largest absolute Gasteiger partial charge is 0.354 e. The Morgan fingerprint density at radius 1 is 1.40 bits per heavy atom. The minimum atomic E-state index is 0.428. The van der Waals surface area contributed by atoms with Crippen LogP contribution >= 0.6 is 0 Å². The molecule has 1 rings (SSSR count). The van der Waals surface area contributed by atoms with Crippen molar-refractivity contribution in [1.29, 1.82) is 0 Å². The van der Waals surface area contributed by atoms with E-state index in [0.717, 1.165) is 11.8 Å². The van der Waals surface area contributed by atoms with Crippen LogP contribution in [-0.4, -0.2) is 33.8 Å². The highest BCUT2D eigenvalue weighted by Gasteiger charge is 2.06. The van der Waals surface area contributed by atoms with E-state index in [1.54, 1.807) is 13.4 Å². The van der Waals surface area contributed by atoms with Gasteiger partial charge in [-0.25, -0.2) is 0 Å². The third-order valence-corrected chi connectivity index (χ3v) is 3.32. The molecule has 0 saturated carbocycles. The summed E-state index contributed by atoms with van der Waals surface area (Å²) in [6.45, 7) is 5.06.